The van der Waals surface area contributed by atoms with Gasteiger partial charge in [-0.3, -0.25) is 4.79 Å². The quantitative estimate of drug-likeness (QED) is 0.740. The molecule has 1 saturated heterocycles. The fraction of sp³-hybridized carbons (Fsp3) is 0.667. The summed E-state index contributed by atoms with van der Waals surface area (Å²) in [5, 5.41) is 0. The predicted octanol–water partition coefficient (Wildman–Crippen LogP) is 4.96. The van der Waals surface area contributed by atoms with Gasteiger partial charge in [0, 0.05) is 23.9 Å². The molecule has 0 N–H and O–H groups in total. The number of hydrogen-bond donors (Lipinski definition) is 0. The summed E-state index contributed by atoms with van der Waals surface area (Å²) < 4.78 is 44.5. The number of alkyl halides is 3. The van der Waals surface area contributed by atoms with E-state index in [0.29, 0.717) is 17.2 Å². The molecule has 3 aliphatic rings. The first-order chi connectivity index (χ1) is 12.7. The third-order valence-electron chi connectivity index (χ3n) is 6.97. The third-order valence-corrected chi connectivity index (χ3v) is 6.97. The molecule has 2 aliphatic carbocycles. The van der Waals surface area contributed by atoms with Crippen LogP contribution in [0.1, 0.15) is 56.6 Å². The van der Waals surface area contributed by atoms with Gasteiger partial charge in [0.2, 0.25) is 5.91 Å². The van der Waals surface area contributed by atoms with E-state index in [1.165, 1.54) is 6.07 Å². The Labute approximate surface area is 157 Å². The van der Waals surface area contributed by atoms with Gasteiger partial charge in [0.1, 0.15) is 5.75 Å². The Morgan fingerprint density at radius 1 is 1.26 bits per heavy atom. The van der Waals surface area contributed by atoms with Crippen molar-refractivity contribution in [1.82, 2.24) is 4.90 Å². The lowest BCUT2D eigenvalue weighted by Crippen LogP contribution is -2.65. The lowest BCUT2D eigenvalue weighted by atomic mass is 9.69. The van der Waals surface area contributed by atoms with Crippen LogP contribution in [0.3, 0.4) is 0 Å². The summed E-state index contributed by atoms with van der Waals surface area (Å²) in [4.78, 5) is 14.5. The molecule has 3 atom stereocenters. The van der Waals surface area contributed by atoms with E-state index in [4.69, 9.17) is 4.74 Å². The summed E-state index contributed by atoms with van der Waals surface area (Å²) in [5.74, 6) is 1.06. The van der Waals surface area contributed by atoms with E-state index in [1.54, 1.807) is 6.92 Å². The molecule has 4 rings (SSSR count). The number of amides is 1. The maximum absolute atomic E-state index is 12.8. The molecule has 1 amide bonds. The van der Waals surface area contributed by atoms with Crippen LogP contribution < -0.4 is 4.74 Å². The van der Waals surface area contributed by atoms with Gasteiger partial charge in [-0.25, -0.2) is 0 Å². The Balaban J connectivity index is 1.37. The van der Waals surface area contributed by atoms with Crippen LogP contribution in [0.2, 0.25) is 0 Å². The zero-order chi connectivity index (χ0) is 19.4. The van der Waals surface area contributed by atoms with Gasteiger partial charge in [-0.1, -0.05) is 6.42 Å². The molecule has 148 valence electrons. The molecule has 3 unspecified atom stereocenters. The van der Waals surface area contributed by atoms with E-state index in [1.807, 2.05) is 4.90 Å². The number of halogens is 3. The summed E-state index contributed by atoms with van der Waals surface area (Å²) in [5.41, 5.74) is -0.0219. The van der Waals surface area contributed by atoms with Crippen LogP contribution in [0, 0.1) is 18.3 Å². The Kier molecular flexibility index (Phi) is 4.43. The zero-order valence-corrected chi connectivity index (χ0v) is 15.8. The molecule has 0 aromatic heterocycles. The minimum absolute atomic E-state index is 0.00356. The highest BCUT2D eigenvalue weighted by molar-refractivity contribution is 5.81. The maximum Gasteiger partial charge on any atom is 0.416 e. The van der Waals surface area contributed by atoms with Gasteiger partial charge in [0.05, 0.1) is 11.7 Å². The van der Waals surface area contributed by atoms with Gasteiger partial charge < -0.3 is 9.64 Å². The first-order valence-electron chi connectivity index (χ1n) is 9.85. The van der Waals surface area contributed by atoms with E-state index >= 15 is 0 Å². The van der Waals surface area contributed by atoms with Crippen molar-refractivity contribution in [1.29, 1.82) is 0 Å². The average molecular weight is 381 g/mol. The average Bonchev–Trinajstić information content (AvgIpc) is 2.97. The van der Waals surface area contributed by atoms with Crippen LogP contribution in [-0.2, 0) is 11.0 Å². The second kappa shape index (κ2) is 6.42. The number of nitrogens with zero attached hydrogens (tertiary/aromatic N) is 1. The Morgan fingerprint density at radius 2 is 2.00 bits per heavy atom. The topological polar surface area (TPSA) is 29.5 Å². The van der Waals surface area contributed by atoms with Crippen LogP contribution in [0.5, 0.6) is 5.75 Å². The highest BCUT2D eigenvalue weighted by Crippen LogP contribution is 2.52. The van der Waals surface area contributed by atoms with Gasteiger partial charge in [0.15, 0.2) is 0 Å². The van der Waals surface area contributed by atoms with E-state index in [-0.39, 0.29) is 23.5 Å². The molecule has 1 aromatic carbocycles. The lowest BCUT2D eigenvalue weighted by molar-refractivity contribution is -0.160. The third kappa shape index (κ3) is 3.21. The number of ether oxygens (including phenoxy) is 1. The van der Waals surface area contributed by atoms with Crippen LogP contribution in [0.4, 0.5) is 13.2 Å². The van der Waals surface area contributed by atoms with E-state index in [2.05, 4.69) is 6.92 Å². The van der Waals surface area contributed by atoms with Gasteiger partial charge in [-0.2, -0.15) is 13.2 Å². The summed E-state index contributed by atoms with van der Waals surface area (Å²) >= 11 is 0. The maximum atomic E-state index is 12.8. The van der Waals surface area contributed by atoms with Crippen molar-refractivity contribution in [3.8, 4) is 5.75 Å². The molecule has 3 nitrogen and oxygen atoms in total. The number of hydrogen-bond acceptors (Lipinski definition) is 2. The monoisotopic (exact) mass is 381 g/mol. The fourth-order valence-corrected chi connectivity index (χ4v) is 4.85. The molecule has 0 bridgehead atoms. The largest absolute Gasteiger partial charge is 0.490 e. The summed E-state index contributed by atoms with van der Waals surface area (Å²) in [6, 6.07) is 3.89. The van der Waals surface area contributed by atoms with Crippen molar-refractivity contribution < 1.29 is 22.7 Å². The number of carbonyl (C=O) groups is 1. The lowest BCUT2D eigenvalue weighted by Gasteiger charge is -2.56. The number of rotatable bonds is 3. The van der Waals surface area contributed by atoms with E-state index in [0.717, 1.165) is 57.2 Å². The molecule has 3 fully saturated rings. The number of aryl methyl sites for hydroxylation is 1. The smallest absolute Gasteiger partial charge is 0.416 e. The molecule has 2 saturated carbocycles. The predicted molar refractivity (Wildman–Crippen MR) is 95.4 cm³/mol. The van der Waals surface area contributed by atoms with Crippen molar-refractivity contribution in [2.45, 2.75) is 70.7 Å². The summed E-state index contributed by atoms with van der Waals surface area (Å²) in [7, 11) is 0. The minimum atomic E-state index is -4.33. The van der Waals surface area contributed by atoms with Crippen LogP contribution in [0.15, 0.2) is 18.2 Å². The molecular weight excluding hydrogens is 355 g/mol. The second-order valence-corrected chi connectivity index (χ2v) is 8.59. The van der Waals surface area contributed by atoms with Gasteiger partial charge >= 0.3 is 6.18 Å². The zero-order valence-electron chi connectivity index (χ0n) is 15.8. The first kappa shape index (κ1) is 18.6. The van der Waals surface area contributed by atoms with Crippen LogP contribution in [-0.4, -0.2) is 29.5 Å². The van der Waals surface area contributed by atoms with E-state index in [9.17, 15) is 18.0 Å². The molecular formula is C21H26F3NO2. The van der Waals surface area contributed by atoms with Gasteiger partial charge in [-0.15, -0.1) is 0 Å². The number of carbonyl (C=O) groups excluding carboxylic acids is 1. The molecule has 1 aromatic rings. The highest BCUT2D eigenvalue weighted by Gasteiger charge is 2.56. The molecule has 6 heteroatoms. The standard InChI is InChI=1S/C21H26F3NO2/c1-13-10-16(21(22,23)24)6-7-18(13)27-17-8-9-20(11-17)12-25(14(20)2)19(26)15-4-3-5-15/h6-7,10,14-15,17H,3-5,8-9,11-12H2,1-2H3. The molecule has 1 spiro atoms. The second-order valence-electron chi connectivity index (χ2n) is 8.59. The summed E-state index contributed by atoms with van der Waals surface area (Å²) in [6.07, 6.45) is 1.63. The van der Waals surface area contributed by atoms with Crippen molar-refractivity contribution >= 4 is 5.91 Å². The van der Waals surface area contributed by atoms with Gasteiger partial charge in [0.25, 0.3) is 0 Å². The van der Waals surface area contributed by atoms with Crippen molar-refractivity contribution in [3.05, 3.63) is 29.3 Å². The molecule has 1 aliphatic heterocycles. The fourth-order valence-electron chi connectivity index (χ4n) is 4.85. The van der Waals surface area contributed by atoms with Crippen molar-refractivity contribution in [3.63, 3.8) is 0 Å². The summed E-state index contributed by atoms with van der Waals surface area (Å²) in [6.45, 7) is 4.58. The van der Waals surface area contributed by atoms with Crippen LogP contribution in [0.25, 0.3) is 0 Å². The highest BCUT2D eigenvalue weighted by atomic mass is 19.4. The molecule has 1 heterocycles. The SMILES string of the molecule is Cc1cc(C(F)(F)F)ccc1OC1CCC2(C1)CN(C(=O)C1CCC1)C2C. The van der Waals surface area contributed by atoms with E-state index < -0.39 is 11.7 Å². The molecule has 0 radical (unpaired) electrons. The first-order valence-corrected chi connectivity index (χ1v) is 9.85. The van der Waals surface area contributed by atoms with Crippen molar-refractivity contribution in [2.24, 2.45) is 11.3 Å². The Hall–Kier alpha value is -1.72. The van der Waals surface area contributed by atoms with Crippen LogP contribution >= 0.6 is 0 Å². The Morgan fingerprint density at radius 3 is 2.56 bits per heavy atom. The van der Waals surface area contributed by atoms with Crippen molar-refractivity contribution in [2.75, 3.05) is 6.54 Å². The molecule has 27 heavy (non-hydrogen) atoms. The number of likely N-dealkylation sites (tertiary alicyclic amines) is 1. The minimum Gasteiger partial charge on any atom is -0.490 e. The Bertz CT molecular complexity index is 743. The normalized spacial score (nSPS) is 30.9. The van der Waals surface area contributed by atoms with Gasteiger partial charge in [-0.05, 0) is 69.7 Å². The number of benzene rings is 1.